The van der Waals surface area contributed by atoms with E-state index in [2.05, 4.69) is 34.5 Å². The normalized spacial score (nSPS) is 19.6. The number of likely N-dealkylation sites (tertiary alicyclic amines) is 1. The van der Waals surface area contributed by atoms with Gasteiger partial charge in [-0.05, 0) is 62.1 Å². The van der Waals surface area contributed by atoms with Crippen molar-refractivity contribution in [1.82, 2.24) is 19.7 Å². The maximum atomic E-state index is 12.6. The maximum absolute atomic E-state index is 12.6. The fourth-order valence-corrected chi connectivity index (χ4v) is 3.76. The number of anilines is 1. The van der Waals surface area contributed by atoms with Gasteiger partial charge in [-0.15, -0.1) is 0 Å². The molecule has 3 heterocycles. The van der Waals surface area contributed by atoms with Crippen molar-refractivity contribution in [1.29, 1.82) is 0 Å². The molecule has 6 heteroatoms. The first-order valence-corrected chi connectivity index (χ1v) is 9.21. The van der Waals surface area contributed by atoms with E-state index in [-0.39, 0.29) is 6.03 Å². The van der Waals surface area contributed by atoms with E-state index < -0.39 is 0 Å². The molecule has 1 aliphatic carbocycles. The van der Waals surface area contributed by atoms with Crippen LogP contribution in [0.2, 0.25) is 0 Å². The van der Waals surface area contributed by atoms with Crippen LogP contribution in [0.1, 0.15) is 50.1 Å². The summed E-state index contributed by atoms with van der Waals surface area (Å²) in [6.07, 6.45) is 9.97. The third kappa shape index (κ3) is 3.52. The van der Waals surface area contributed by atoms with Crippen LogP contribution in [0, 0.1) is 5.92 Å². The molecule has 0 radical (unpaired) electrons. The molecule has 1 N–H and O–H groups in total. The third-order valence-corrected chi connectivity index (χ3v) is 5.55. The van der Waals surface area contributed by atoms with E-state index in [1.165, 1.54) is 18.4 Å². The van der Waals surface area contributed by atoms with Crippen LogP contribution in [0.5, 0.6) is 0 Å². The molecule has 2 aromatic rings. The van der Waals surface area contributed by atoms with Crippen molar-refractivity contribution in [2.24, 2.45) is 5.92 Å². The summed E-state index contributed by atoms with van der Waals surface area (Å²) in [5, 5.41) is 7.46. The number of rotatable bonds is 4. The molecule has 2 amide bonds. The van der Waals surface area contributed by atoms with Gasteiger partial charge in [0.05, 0.1) is 12.2 Å². The lowest BCUT2D eigenvalue weighted by atomic mass is 9.90. The standard InChI is InChI=1S/C19H25N5O/c1-14(15-2-3-15)24-18(6-11-21-24)22-19(25)23-12-7-17(8-13-23)16-4-9-20-10-5-16/h4-6,9-11,14-15,17H,2-3,7-8,12-13H2,1H3,(H,22,25). The van der Waals surface area contributed by atoms with Crippen molar-refractivity contribution >= 4 is 11.8 Å². The molecule has 1 saturated heterocycles. The van der Waals surface area contributed by atoms with Gasteiger partial charge in [-0.1, -0.05) is 0 Å². The average Bonchev–Trinajstić information content (AvgIpc) is 3.41. The Morgan fingerprint density at radius 2 is 1.84 bits per heavy atom. The van der Waals surface area contributed by atoms with Crippen LogP contribution in [-0.4, -0.2) is 38.8 Å². The number of nitrogens with zero attached hydrogens (tertiary/aromatic N) is 4. The quantitative estimate of drug-likeness (QED) is 0.924. The SMILES string of the molecule is CC(C1CC1)n1nccc1NC(=O)N1CCC(c2ccncc2)CC1. The Hall–Kier alpha value is -2.37. The number of piperidine rings is 1. The molecular weight excluding hydrogens is 314 g/mol. The Labute approximate surface area is 148 Å². The van der Waals surface area contributed by atoms with E-state index in [4.69, 9.17) is 0 Å². The van der Waals surface area contributed by atoms with E-state index in [0.717, 1.165) is 31.7 Å². The Kier molecular flexibility index (Phi) is 4.42. The van der Waals surface area contributed by atoms with E-state index in [9.17, 15) is 4.79 Å². The summed E-state index contributed by atoms with van der Waals surface area (Å²) in [4.78, 5) is 18.6. The predicted octanol–water partition coefficient (Wildman–Crippen LogP) is 3.66. The van der Waals surface area contributed by atoms with Gasteiger partial charge in [0.15, 0.2) is 0 Å². The van der Waals surface area contributed by atoms with Crippen molar-refractivity contribution < 1.29 is 4.79 Å². The van der Waals surface area contributed by atoms with Gasteiger partial charge < -0.3 is 4.90 Å². The molecule has 1 unspecified atom stereocenters. The first-order valence-electron chi connectivity index (χ1n) is 9.21. The Morgan fingerprint density at radius 3 is 2.52 bits per heavy atom. The van der Waals surface area contributed by atoms with E-state index in [1.807, 2.05) is 28.0 Å². The fourth-order valence-electron chi connectivity index (χ4n) is 3.76. The van der Waals surface area contributed by atoms with Crippen LogP contribution in [0.3, 0.4) is 0 Å². The lowest BCUT2D eigenvalue weighted by Crippen LogP contribution is -2.41. The van der Waals surface area contributed by atoms with Crippen LogP contribution < -0.4 is 5.32 Å². The first-order chi connectivity index (χ1) is 12.2. The molecule has 1 atom stereocenters. The second-order valence-corrected chi connectivity index (χ2v) is 7.21. The van der Waals surface area contributed by atoms with Gasteiger partial charge in [0.2, 0.25) is 0 Å². The summed E-state index contributed by atoms with van der Waals surface area (Å²) < 4.78 is 1.96. The zero-order valence-electron chi connectivity index (χ0n) is 14.6. The van der Waals surface area contributed by atoms with Crippen molar-refractivity contribution in [2.45, 2.75) is 44.6 Å². The highest BCUT2D eigenvalue weighted by Crippen LogP contribution is 2.40. The largest absolute Gasteiger partial charge is 0.324 e. The number of carbonyl (C=O) groups is 1. The van der Waals surface area contributed by atoms with E-state index in [0.29, 0.717) is 17.9 Å². The topological polar surface area (TPSA) is 63.1 Å². The average molecular weight is 339 g/mol. The Morgan fingerprint density at radius 1 is 1.12 bits per heavy atom. The molecule has 2 aliphatic rings. The van der Waals surface area contributed by atoms with Gasteiger partial charge in [0.25, 0.3) is 0 Å². The minimum atomic E-state index is -0.0158. The molecule has 2 fully saturated rings. The van der Waals surface area contributed by atoms with Gasteiger partial charge in [0, 0.05) is 31.5 Å². The molecule has 6 nitrogen and oxygen atoms in total. The van der Waals surface area contributed by atoms with Gasteiger partial charge >= 0.3 is 6.03 Å². The molecule has 132 valence electrons. The number of hydrogen-bond acceptors (Lipinski definition) is 3. The summed E-state index contributed by atoms with van der Waals surface area (Å²) in [6.45, 7) is 3.75. The number of amides is 2. The zero-order valence-corrected chi connectivity index (χ0v) is 14.6. The Bertz CT molecular complexity index is 716. The van der Waals surface area contributed by atoms with E-state index >= 15 is 0 Å². The van der Waals surface area contributed by atoms with Crippen LogP contribution in [0.25, 0.3) is 0 Å². The predicted molar refractivity (Wildman–Crippen MR) is 96.5 cm³/mol. The van der Waals surface area contributed by atoms with Gasteiger partial charge in [-0.2, -0.15) is 5.10 Å². The summed E-state index contributed by atoms with van der Waals surface area (Å²) in [6, 6.07) is 6.39. The Balaban J connectivity index is 1.35. The summed E-state index contributed by atoms with van der Waals surface area (Å²) in [7, 11) is 0. The van der Waals surface area contributed by atoms with Gasteiger partial charge in [-0.3, -0.25) is 10.3 Å². The highest BCUT2D eigenvalue weighted by Gasteiger charge is 2.31. The van der Waals surface area contributed by atoms with Crippen LogP contribution in [0.4, 0.5) is 10.6 Å². The second kappa shape index (κ2) is 6.86. The molecule has 0 aromatic carbocycles. The highest BCUT2D eigenvalue weighted by molar-refractivity contribution is 5.88. The molecule has 1 aliphatic heterocycles. The third-order valence-electron chi connectivity index (χ3n) is 5.55. The van der Waals surface area contributed by atoms with Crippen molar-refractivity contribution in [3.63, 3.8) is 0 Å². The number of urea groups is 1. The van der Waals surface area contributed by atoms with Crippen molar-refractivity contribution in [3.8, 4) is 0 Å². The molecule has 0 bridgehead atoms. The molecule has 2 aromatic heterocycles. The van der Waals surface area contributed by atoms with Gasteiger partial charge in [-0.25, -0.2) is 9.48 Å². The second-order valence-electron chi connectivity index (χ2n) is 7.21. The van der Waals surface area contributed by atoms with Gasteiger partial charge in [0.1, 0.15) is 5.82 Å². The first kappa shape index (κ1) is 16.1. The zero-order chi connectivity index (χ0) is 17.2. The highest BCUT2D eigenvalue weighted by atomic mass is 16.2. The van der Waals surface area contributed by atoms with Crippen molar-refractivity contribution in [2.75, 3.05) is 18.4 Å². The summed E-state index contributed by atoms with van der Waals surface area (Å²) in [5.41, 5.74) is 1.33. The van der Waals surface area contributed by atoms with Crippen LogP contribution in [0.15, 0.2) is 36.8 Å². The van der Waals surface area contributed by atoms with E-state index in [1.54, 1.807) is 6.20 Å². The summed E-state index contributed by atoms with van der Waals surface area (Å²) >= 11 is 0. The number of carbonyl (C=O) groups excluding carboxylic acids is 1. The monoisotopic (exact) mass is 339 g/mol. The number of nitrogens with one attached hydrogen (secondary N) is 1. The van der Waals surface area contributed by atoms with Crippen LogP contribution >= 0.6 is 0 Å². The minimum Gasteiger partial charge on any atom is -0.324 e. The fraction of sp³-hybridized carbons (Fsp3) is 0.526. The lowest BCUT2D eigenvalue weighted by Gasteiger charge is -2.32. The molecular formula is C19H25N5O. The number of hydrogen-bond donors (Lipinski definition) is 1. The lowest BCUT2D eigenvalue weighted by molar-refractivity contribution is 0.194. The summed E-state index contributed by atoms with van der Waals surface area (Å²) in [5.74, 6) is 2.03. The van der Waals surface area contributed by atoms with Crippen molar-refractivity contribution in [3.05, 3.63) is 42.4 Å². The maximum Gasteiger partial charge on any atom is 0.322 e. The number of aromatic nitrogens is 3. The molecule has 1 saturated carbocycles. The minimum absolute atomic E-state index is 0.0158. The molecule has 25 heavy (non-hydrogen) atoms. The number of pyridine rings is 1. The smallest absolute Gasteiger partial charge is 0.322 e. The molecule has 0 spiro atoms. The van der Waals surface area contributed by atoms with Crippen LogP contribution in [-0.2, 0) is 0 Å². The molecule has 4 rings (SSSR count).